The van der Waals surface area contributed by atoms with Crippen molar-refractivity contribution in [2.45, 2.75) is 13.1 Å². The molecular formula is C11H13F3N2O4S. The van der Waals surface area contributed by atoms with Crippen LogP contribution in [0.3, 0.4) is 0 Å². The fourth-order valence-electron chi connectivity index (χ4n) is 1.53. The number of nitrogens with one attached hydrogen (secondary N) is 1. The van der Waals surface area contributed by atoms with Gasteiger partial charge < -0.3 is 5.32 Å². The number of alkyl halides is 3. The fraction of sp³-hybridized carbons (Fsp3) is 0.455. The molecule has 0 aliphatic carbocycles. The van der Waals surface area contributed by atoms with Gasteiger partial charge in [0.25, 0.3) is 5.69 Å². The first-order valence-electron chi connectivity index (χ1n) is 5.87. The van der Waals surface area contributed by atoms with E-state index in [4.69, 9.17) is 0 Å². The molecule has 21 heavy (non-hydrogen) atoms. The third-order valence-corrected chi connectivity index (χ3v) is 4.39. The fourth-order valence-corrected chi connectivity index (χ4v) is 2.23. The van der Waals surface area contributed by atoms with Gasteiger partial charge in [-0.3, -0.25) is 10.1 Å². The average Bonchev–Trinajstić information content (AvgIpc) is 2.37. The van der Waals surface area contributed by atoms with Crippen LogP contribution in [-0.4, -0.2) is 31.4 Å². The number of hydrogen-bond acceptors (Lipinski definition) is 5. The Kier molecular flexibility index (Phi) is 5.15. The molecule has 1 aromatic rings. The Morgan fingerprint density at radius 1 is 1.33 bits per heavy atom. The van der Waals surface area contributed by atoms with Crippen molar-refractivity contribution < 1.29 is 26.5 Å². The number of hydrogen-bond donors (Lipinski definition) is 1. The summed E-state index contributed by atoms with van der Waals surface area (Å²) in [5.41, 5.74) is -2.45. The van der Waals surface area contributed by atoms with Gasteiger partial charge >= 0.3 is 6.18 Å². The Balaban J connectivity index is 2.94. The first kappa shape index (κ1) is 17.2. The SMILES string of the molecule is CCS(=O)(=O)CCNc1ccc([N+](=O)[O-])c(C(F)(F)F)c1. The normalized spacial score (nSPS) is 12.2. The van der Waals surface area contributed by atoms with Crippen LogP contribution in [-0.2, 0) is 16.0 Å². The molecule has 118 valence electrons. The molecule has 1 rings (SSSR count). The van der Waals surface area contributed by atoms with Crippen molar-refractivity contribution in [2.75, 3.05) is 23.4 Å². The first-order chi connectivity index (χ1) is 9.57. The molecule has 0 bridgehead atoms. The van der Waals surface area contributed by atoms with Crippen molar-refractivity contribution in [3.8, 4) is 0 Å². The van der Waals surface area contributed by atoms with Gasteiger partial charge in [0.05, 0.1) is 10.7 Å². The Bertz CT molecular complexity index is 629. The molecule has 0 radical (unpaired) electrons. The number of nitro benzene ring substituents is 1. The lowest BCUT2D eigenvalue weighted by molar-refractivity contribution is -0.388. The van der Waals surface area contributed by atoms with E-state index in [1.807, 2.05) is 0 Å². The van der Waals surface area contributed by atoms with Gasteiger partial charge in [-0.1, -0.05) is 6.92 Å². The van der Waals surface area contributed by atoms with Crippen molar-refractivity contribution in [1.29, 1.82) is 0 Å². The van der Waals surface area contributed by atoms with Crippen LogP contribution in [0, 0.1) is 10.1 Å². The zero-order chi connectivity index (χ0) is 16.3. The van der Waals surface area contributed by atoms with E-state index in [-0.39, 0.29) is 23.7 Å². The maximum atomic E-state index is 12.7. The zero-order valence-electron chi connectivity index (χ0n) is 11.0. The highest BCUT2D eigenvalue weighted by atomic mass is 32.2. The second-order valence-corrected chi connectivity index (χ2v) is 6.62. The third-order valence-electron chi connectivity index (χ3n) is 2.68. The molecular weight excluding hydrogens is 313 g/mol. The number of benzene rings is 1. The molecule has 0 aromatic heterocycles. The van der Waals surface area contributed by atoms with Gasteiger partial charge in [0.1, 0.15) is 5.56 Å². The molecule has 0 amide bonds. The third kappa shape index (κ3) is 4.88. The molecule has 0 fully saturated rings. The van der Waals surface area contributed by atoms with E-state index < -0.39 is 32.2 Å². The first-order valence-corrected chi connectivity index (χ1v) is 7.69. The number of rotatable bonds is 6. The van der Waals surface area contributed by atoms with Crippen LogP contribution in [0.2, 0.25) is 0 Å². The van der Waals surface area contributed by atoms with Crippen molar-refractivity contribution in [2.24, 2.45) is 0 Å². The number of nitrogens with zero attached hydrogens (tertiary/aromatic N) is 1. The summed E-state index contributed by atoms with van der Waals surface area (Å²) in [5, 5.41) is 13.1. The van der Waals surface area contributed by atoms with Gasteiger partial charge in [-0.15, -0.1) is 0 Å². The predicted octanol–water partition coefficient (Wildman–Crippen LogP) is 2.46. The highest BCUT2D eigenvalue weighted by Crippen LogP contribution is 2.37. The molecule has 0 saturated carbocycles. The second kappa shape index (κ2) is 6.29. The summed E-state index contributed by atoms with van der Waals surface area (Å²) in [6.45, 7) is 1.38. The zero-order valence-corrected chi connectivity index (χ0v) is 11.8. The number of anilines is 1. The smallest absolute Gasteiger partial charge is 0.384 e. The van der Waals surface area contributed by atoms with E-state index in [2.05, 4.69) is 5.32 Å². The summed E-state index contributed by atoms with van der Waals surface area (Å²) in [5.74, 6) is -0.301. The molecule has 6 nitrogen and oxygen atoms in total. The van der Waals surface area contributed by atoms with E-state index in [0.717, 1.165) is 12.1 Å². The van der Waals surface area contributed by atoms with Gasteiger partial charge in [-0.05, 0) is 12.1 Å². The quantitative estimate of drug-likeness (QED) is 0.641. The maximum absolute atomic E-state index is 12.7. The van der Waals surface area contributed by atoms with E-state index in [9.17, 15) is 31.7 Å². The standard InChI is InChI=1S/C11H13F3N2O4S/c1-2-21(19,20)6-5-15-8-3-4-10(16(17)18)9(7-8)11(12,13)14/h3-4,7,15H,2,5-6H2,1H3. The monoisotopic (exact) mass is 326 g/mol. The topological polar surface area (TPSA) is 89.3 Å². The minimum absolute atomic E-state index is 0.0285. The molecule has 0 heterocycles. The van der Waals surface area contributed by atoms with Crippen LogP contribution in [0.15, 0.2) is 18.2 Å². The molecule has 1 N–H and O–H groups in total. The Morgan fingerprint density at radius 3 is 2.43 bits per heavy atom. The van der Waals surface area contributed by atoms with Gasteiger partial charge in [-0.2, -0.15) is 13.2 Å². The van der Waals surface area contributed by atoms with Crippen LogP contribution in [0.25, 0.3) is 0 Å². The lowest BCUT2D eigenvalue weighted by atomic mass is 10.1. The van der Waals surface area contributed by atoms with Crippen molar-refractivity contribution in [1.82, 2.24) is 0 Å². The van der Waals surface area contributed by atoms with E-state index >= 15 is 0 Å². The largest absolute Gasteiger partial charge is 0.423 e. The summed E-state index contributed by atoms with van der Waals surface area (Å²) < 4.78 is 60.7. The van der Waals surface area contributed by atoms with E-state index in [1.54, 1.807) is 0 Å². The molecule has 0 spiro atoms. The highest BCUT2D eigenvalue weighted by molar-refractivity contribution is 7.91. The van der Waals surface area contributed by atoms with Crippen molar-refractivity contribution in [3.63, 3.8) is 0 Å². The van der Waals surface area contributed by atoms with Crippen LogP contribution < -0.4 is 5.32 Å². The summed E-state index contributed by atoms with van der Waals surface area (Å²) in [6.07, 6.45) is -4.87. The van der Waals surface area contributed by atoms with E-state index in [0.29, 0.717) is 6.07 Å². The molecule has 1 aromatic carbocycles. The summed E-state index contributed by atoms with van der Waals surface area (Å²) in [4.78, 5) is 9.45. The lowest BCUT2D eigenvalue weighted by Crippen LogP contribution is -2.17. The second-order valence-electron chi connectivity index (χ2n) is 4.15. The maximum Gasteiger partial charge on any atom is 0.423 e. The van der Waals surface area contributed by atoms with Crippen LogP contribution in [0.4, 0.5) is 24.5 Å². The summed E-state index contributed by atoms with van der Waals surface area (Å²) in [7, 11) is -3.24. The van der Waals surface area contributed by atoms with Crippen molar-refractivity contribution >= 4 is 21.2 Å². The molecule has 0 aliphatic heterocycles. The van der Waals surface area contributed by atoms with Crippen LogP contribution >= 0.6 is 0 Å². The number of halogens is 3. The molecule has 0 unspecified atom stereocenters. The average molecular weight is 326 g/mol. The molecule has 0 saturated heterocycles. The van der Waals surface area contributed by atoms with Gasteiger partial charge in [0.2, 0.25) is 0 Å². The van der Waals surface area contributed by atoms with Gasteiger partial charge in [-0.25, -0.2) is 8.42 Å². The summed E-state index contributed by atoms with van der Waals surface area (Å²) in [6, 6.07) is 2.43. The van der Waals surface area contributed by atoms with Gasteiger partial charge in [0.15, 0.2) is 9.84 Å². The van der Waals surface area contributed by atoms with Crippen LogP contribution in [0.1, 0.15) is 12.5 Å². The molecule has 10 heteroatoms. The Hall–Kier alpha value is -1.84. The Morgan fingerprint density at radius 2 is 1.95 bits per heavy atom. The molecule has 0 atom stereocenters. The lowest BCUT2D eigenvalue weighted by Gasteiger charge is -2.11. The number of nitro groups is 1. The number of sulfone groups is 1. The Labute approximate surface area is 119 Å². The minimum atomic E-state index is -4.87. The van der Waals surface area contributed by atoms with Crippen molar-refractivity contribution in [3.05, 3.63) is 33.9 Å². The molecule has 0 aliphatic rings. The highest BCUT2D eigenvalue weighted by Gasteiger charge is 2.38. The summed E-state index contributed by atoms with van der Waals surface area (Å²) >= 11 is 0. The van der Waals surface area contributed by atoms with Crippen LogP contribution in [0.5, 0.6) is 0 Å². The van der Waals surface area contributed by atoms with E-state index in [1.165, 1.54) is 6.92 Å². The predicted molar refractivity (Wildman–Crippen MR) is 70.9 cm³/mol. The van der Waals surface area contributed by atoms with Gasteiger partial charge in [0, 0.05) is 24.1 Å². The minimum Gasteiger partial charge on any atom is -0.384 e.